The number of rotatable bonds is 3. The van der Waals surface area contributed by atoms with Crippen LogP contribution in [0.4, 0.5) is 0 Å². The van der Waals surface area contributed by atoms with Crippen molar-refractivity contribution in [3.8, 4) is 5.75 Å². The first-order valence-corrected chi connectivity index (χ1v) is 5.63. The Labute approximate surface area is 95.8 Å². The minimum atomic E-state index is -0.0247. The van der Waals surface area contributed by atoms with Gasteiger partial charge >= 0.3 is 0 Å². The van der Waals surface area contributed by atoms with E-state index in [-0.39, 0.29) is 5.41 Å². The van der Waals surface area contributed by atoms with E-state index in [4.69, 9.17) is 4.74 Å². The van der Waals surface area contributed by atoms with Gasteiger partial charge in [0.2, 0.25) is 0 Å². The molecule has 16 heavy (non-hydrogen) atoms. The molecule has 2 rings (SSSR count). The Balaban J connectivity index is 2.33. The van der Waals surface area contributed by atoms with E-state index in [0.29, 0.717) is 17.4 Å². The molecule has 3 heteroatoms. The zero-order chi connectivity index (χ0) is 11.8. The lowest BCUT2D eigenvalue weighted by atomic mass is 9.91. The summed E-state index contributed by atoms with van der Waals surface area (Å²) in [4.78, 5) is 15.2. The summed E-state index contributed by atoms with van der Waals surface area (Å²) in [5.74, 6) is 0.678. The van der Waals surface area contributed by atoms with Crippen molar-refractivity contribution in [1.29, 1.82) is 0 Å². The van der Waals surface area contributed by atoms with Crippen LogP contribution in [0, 0.1) is 0 Å². The van der Waals surface area contributed by atoms with Crippen molar-refractivity contribution < 1.29 is 9.53 Å². The molecule has 86 valence electrons. The number of hydrogen-bond donors (Lipinski definition) is 0. The van der Waals surface area contributed by atoms with Crippen molar-refractivity contribution in [3.63, 3.8) is 0 Å². The molecule has 0 aliphatic heterocycles. The van der Waals surface area contributed by atoms with Crippen LogP contribution in [-0.4, -0.2) is 17.4 Å². The van der Waals surface area contributed by atoms with Crippen molar-refractivity contribution in [2.24, 2.45) is 0 Å². The SMILES string of the molecule is CC(C)(C)c1cc(OC2CC2)c(C=O)cn1. The van der Waals surface area contributed by atoms with Gasteiger partial charge in [-0.15, -0.1) is 0 Å². The second-order valence-electron chi connectivity index (χ2n) is 5.29. The van der Waals surface area contributed by atoms with Crippen LogP contribution in [0.3, 0.4) is 0 Å². The van der Waals surface area contributed by atoms with Gasteiger partial charge in [0, 0.05) is 23.4 Å². The van der Waals surface area contributed by atoms with E-state index in [2.05, 4.69) is 25.8 Å². The third-order valence-corrected chi connectivity index (χ3v) is 2.61. The monoisotopic (exact) mass is 219 g/mol. The number of ether oxygens (including phenoxy) is 1. The molecule has 3 nitrogen and oxygen atoms in total. The van der Waals surface area contributed by atoms with Crippen molar-refractivity contribution in [2.75, 3.05) is 0 Å². The van der Waals surface area contributed by atoms with Crippen LogP contribution >= 0.6 is 0 Å². The van der Waals surface area contributed by atoms with Crippen LogP contribution in [0.5, 0.6) is 5.75 Å². The molecule has 0 amide bonds. The zero-order valence-corrected chi connectivity index (χ0v) is 9.99. The summed E-state index contributed by atoms with van der Waals surface area (Å²) in [7, 11) is 0. The lowest BCUT2D eigenvalue weighted by Crippen LogP contribution is -2.14. The summed E-state index contributed by atoms with van der Waals surface area (Å²) in [6.07, 6.45) is 4.88. The van der Waals surface area contributed by atoms with E-state index < -0.39 is 0 Å². The summed E-state index contributed by atoms with van der Waals surface area (Å²) in [6.45, 7) is 6.28. The maximum Gasteiger partial charge on any atom is 0.155 e. The molecule has 1 saturated carbocycles. The molecular weight excluding hydrogens is 202 g/mol. The molecule has 0 saturated heterocycles. The van der Waals surface area contributed by atoms with Gasteiger partial charge in [-0.1, -0.05) is 20.8 Å². The standard InChI is InChI=1S/C13H17NO2/c1-13(2,3)12-6-11(16-10-4-5-10)9(8-15)7-14-12/h6-8,10H,4-5H2,1-3H3. The summed E-state index contributed by atoms with van der Waals surface area (Å²) in [5.41, 5.74) is 1.47. The lowest BCUT2D eigenvalue weighted by Gasteiger charge is -2.19. The molecule has 0 radical (unpaired) electrons. The summed E-state index contributed by atoms with van der Waals surface area (Å²) < 4.78 is 5.71. The number of carbonyl (C=O) groups excluding carboxylic acids is 1. The molecular formula is C13H17NO2. The Hall–Kier alpha value is -1.38. The van der Waals surface area contributed by atoms with Gasteiger partial charge < -0.3 is 4.74 Å². The third-order valence-electron chi connectivity index (χ3n) is 2.61. The van der Waals surface area contributed by atoms with Crippen LogP contribution < -0.4 is 4.74 Å². The average molecular weight is 219 g/mol. The van der Waals surface area contributed by atoms with E-state index in [0.717, 1.165) is 24.8 Å². The van der Waals surface area contributed by atoms with Crippen molar-refractivity contribution in [2.45, 2.75) is 45.1 Å². The Morgan fingerprint density at radius 1 is 1.44 bits per heavy atom. The topological polar surface area (TPSA) is 39.2 Å². The smallest absolute Gasteiger partial charge is 0.155 e. The van der Waals surface area contributed by atoms with Gasteiger partial charge in [0.25, 0.3) is 0 Å². The first-order chi connectivity index (χ1) is 7.50. The van der Waals surface area contributed by atoms with Crippen molar-refractivity contribution in [3.05, 3.63) is 23.5 Å². The summed E-state index contributed by atoms with van der Waals surface area (Å²) in [5, 5.41) is 0. The minimum Gasteiger partial charge on any atom is -0.490 e. The number of hydrogen-bond acceptors (Lipinski definition) is 3. The molecule has 0 bridgehead atoms. The second-order valence-corrected chi connectivity index (χ2v) is 5.29. The fraction of sp³-hybridized carbons (Fsp3) is 0.538. The molecule has 0 atom stereocenters. The van der Waals surface area contributed by atoms with E-state index in [9.17, 15) is 4.79 Å². The number of pyridine rings is 1. The maximum absolute atomic E-state index is 10.9. The van der Waals surface area contributed by atoms with Crippen LogP contribution in [0.25, 0.3) is 0 Å². The molecule has 1 heterocycles. The number of aromatic nitrogens is 1. The molecule has 0 N–H and O–H groups in total. The highest BCUT2D eigenvalue weighted by Gasteiger charge is 2.26. The molecule has 1 aliphatic rings. The highest BCUT2D eigenvalue weighted by atomic mass is 16.5. The van der Waals surface area contributed by atoms with Crippen LogP contribution in [-0.2, 0) is 5.41 Å². The molecule has 1 fully saturated rings. The molecule has 0 unspecified atom stereocenters. The number of carbonyl (C=O) groups is 1. The van der Waals surface area contributed by atoms with Gasteiger partial charge in [0.05, 0.1) is 11.7 Å². The first-order valence-electron chi connectivity index (χ1n) is 5.63. The predicted octanol–water partition coefficient (Wildman–Crippen LogP) is 2.73. The van der Waals surface area contributed by atoms with Crippen LogP contribution in [0.15, 0.2) is 12.3 Å². The Bertz CT molecular complexity index is 403. The molecule has 0 aromatic carbocycles. The van der Waals surface area contributed by atoms with E-state index >= 15 is 0 Å². The Kier molecular flexibility index (Phi) is 2.70. The summed E-state index contributed by atoms with van der Waals surface area (Å²) >= 11 is 0. The highest BCUT2D eigenvalue weighted by Crippen LogP contribution is 2.31. The van der Waals surface area contributed by atoms with E-state index in [1.54, 1.807) is 6.20 Å². The van der Waals surface area contributed by atoms with Gasteiger partial charge in [-0.2, -0.15) is 0 Å². The predicted molar refractivity (Wildman–Crippen MR) is 62.0 cm³/mol. The largest absolute Gasteiger partial charge is 0.490 e. The van der Waals surface area contributed by atoms with Gasteiger partial charge in [0.1, 0.15) is 5.75 Å². The van der Waals surface area contributed by atoms with Gasteiger partial charge in [-0.05, 0) is 12.8 Å². The number of nitrogens with zero attached hydrogens (tertiary/aromatic N) is 1. The quantitative estimate of drug-likeness (QED) is 0.734. The normalized spacial score (nSPS) is 15.9. The molecule has 0 spiro atoms. The van der Waals surface area contributed by atoms with Gasteiger partial charge in [-0.3, -0.25) is 9.78 Å². The molecule has 1 aromatic heterocycles. The highest BCUT2D eigenvalue weighted by molar-refractivity contribution is 5.78. The van der Waals surface area contributed by atoms with Gasteiger partial charge in [-0.25, -0.2) is 0 Å². The van der Waals surface area contributed by atoms with E-state index in [1.807, 2.05) is 6.07 Å². The first kappa shape index (κ1) is 11.1. The fourth-order valence-electron chi connectivity index (χ4n) is 1.41. The number of aldehydes is 1. The third kappa shape index (κ3) is 2.40. The lowest BCUT2D eigenvalue weighted by molar-refractivity contribution is 0.111. The van der Waals surface area contributed by atoms with Crippen molar-refractivity contribution >= 4 is 6.29 Å². The average Bonchev–Trinajstić information content (AvgIpc) is 3.00. The van der Waals surface area contributed by atoms with Crippen LogP contribution in [0.2, 0.25) is 0 Å². The van der Waals surface area contributed by atoms with Gasteiger partial charge in [0.15, 0.2) is 6.29 Å². The molecule has 1 aromatic rings. The second kappa shape index (κ2) is 3.89. The Morgan fingerprint density at radius 2 is 2.12 bits per heavy atom. The summed E-state index contributed by atoms with van der Waals surface area (Å²) in [6, 6.07) is 1.89. The maximum atomic E-state index is 10.9. The minimum absolute atomic E-state index is 0.0247. The zero-order valence-electron chi connectivity index (χ0n) is 9.99. The van der Waals surface area contributed by atoms with E-state index in [1.165, 1.54) is 0 Å². The van der Waals surface area contributed by atoms with Crippen molar-refractivity contribution in [1.82, 2.24) is 4.98 Å². The van der Waals surface area contributed by atoms with Crippen LogP contribution in [0.1, 0.15) is 49.7 Å². The Morgan fingerprint density at radius 3 is 2.62 bits per heavy atom. The fourth-order valence-corrected chi connectivity index (χ4v) is 1.41. The molecule has 1 aliphatic carbocycles.